The van der Waals surface area contributed by atoms with Gasteiger partial charge in [-0.15, -0.1) is 0 Å². The maximum absolute atomic E-state index is 13.5. The van der Waals surface area contributed by atoms with Crippen molar-refractivity contribution in [2.24, 2.45) is 0 Å². The summed E-state index contributed by atoms with van der Waals surface area (Å²) in [7, 11) is 0. The minimum absolute atomic E-state index is 0.0401. The second-order valence-electron chi connectivity index (χ2n) is 7.43. The molecule has 5 heteroatoms. The van der Waals surface area contributed by atoms with Crippen LogP contribution < -0.4 is 5.32 Å². The van der Waals surface area contributed by atoms with Gasteiger partial charge in [0.2, 0.25) is 0 Å². The molecule has 0 radical (unpaired) electrons. The zero-order chi connectivity index (χ0) is 18.4. The topological polar surface area (TPSA) is 66.4 Å². The molecular weight excluding hydrogens is 321 g/mol. The number of Topliss-reactive ketones (excluding diaryl/α,β-unsaturated/α-hetero) is 1. The van der Waals surface area contributed by atoms with Crippen LogP contribution in [0.4, 0.5) is 10.1 Å². The average molecular weight is 341 g/mol. The quantitative estimate of drug-likeness (QED) is 0.839. The highest BCUT2D eigenvalue weighted by atomic mass is 19.1. The maximum Gasteiger partial charge on any atom is 0.261 e. The second-order valence-corrected chi connectivity index (χ2v) is 7.43. The van der Waals surface area contributed by atoms with Crippen LogP contribution in [0.15, 0.2) is 42.5 Å². The lowest BCUT2D eigenvalue weighted by Crippen LogP contribution is -2.36. The van der Waals surface area contributed by atoms with Crippen molar-refractivity contribution < 1.29 is 19.1 Å². The summed E-state index contributed by atoms with van der Waals surface area (Å²) in [5.41, 5.74) is -0.200. The molecule has 1 aliphatic heterocycles. The molecule has 1 heterocycles. The molecule has 0 unspecified atom stereocenters. The van der Waals surface area contributed by atoms with Gasteiger partial charge in [0.15, 0.2) is 11.4 Å². The van der Waals surface area contributed by atoms with Gasteiger partial charge in [0.1, 0.15) is 5.82 Å². The van der Waals surface area contributed by atoms with E-state index in [1.165, 1.54) is 12.1 Å². The van der Waals surface area contributed by atoms with Gasteiger partial charge in [-0.05, 0) is 29.2 Å². The first-order valence-corrected chi connectivity index (χ1v) is 8.09. The molecule has 0 spiro atoms. The minimum atomic E-state index is -2.06. The molecule has 2 aromatic carbocycles. The second kappa shape index (κ2) is 5.77. The van der Waals surface area contributed by atoms with Crippen LogP contribution in [0.1, 0.15) is 48.7 Å². The summed E-state index contributed by atoms with van der Waals surface area (Å²) < 4.78 is 13.5. The van der Waals surface area contributed by atoms with E-state index in [0.717, 1.165) is 11.6 Å². The Morgan fingerprint density at radius 3 is 2.40 bits per heavy atom. The van der Waals surface area contributed by atoms with Crippen LogP contribution in [0.5, 0.6) is 0 Å². The molecule has 25 heavy (non-hydrogen) atoms. The third-order valence-electron chi connectivity index (χ3n) is 4.54. The van der Waals surface area contributed by atoms with E-state index in [4.69, 9.17) is 0 Å². The Morgan fingerprint density at radius 1 is 1.16 bits per heavy atom. The van der Waals surface area contributed by atoms with Crippen LogP contribution in [0.2, 0.25) is 0 Å². The van der Waals surface area contributed by atoms with Crippen molar-refractivity contribution in [1.82, 2.24) is 0 Å². The molecule has 2 N–H and O–H groups in total. The van der Waals surface area contributed by atoms with Gasteiger partial charge in [-0.2, -0.15) is 0 Å². The number of nitrogens with one attached hydrogen (secondary N) is 1. The lowest BCUT2D eigenvalue weighted by atomic mass is 9.85. The molecule has 0 saturated carbocycles. The molecule has 0 aliphatic carbocycles. The Morgan fingerprint density at radius 2 is 1.80 bits per heavy atom. The van der Waals surface area contributed by atoms with Crippen LogP contribution in [0, 0.1) is 5.82 Å². The largest absolute Gasteiger partial charge is 0.375 e. The van der Waals surface area contributed by atoms with Crippen molar-refractivity contribution in [1.29, 1.82) is 0 Å². The van der Waals surface area contributed by atoms with Gasteiger partial charge in [0, 0.05) is 16.8 Å². The first-order chi connectivity index (χ1) is 11.6. The van der Waals surface area contributed by atoms with E-state index >= 15 is 0 Å². The molecule has 0 bridgehead atoms. The fourth-order valence-electron chi connectivity index (χ4n) is 2.98. The Kier molecular flexibility index (Phi) is 4.00. The fourth-order valence-corrected chi connectivity index (χ4v) is 2.98. The lowest BCUT2D eigenvalue weighted by Gasteiger charge is -2.21. The van der Waals surface area contributed by atoms with Crippen molar-refractivity contribution >= 4 is 17.4 Å². The van der Waals surface area contributed by atoms with Crippen LogP contribution in [-0.4, -0.2) is 16.8 Å². The molecule has 0 aromatic heterocycles. The van der Waals surface area contributed by atoms with Crippen LogP contribution in [0.25, 0.3) is 0 Å². The molecule has 1 aliphatic rings. The van der Waals surface area contributed by atoms with E-state index < -0.39 is 23.7 Å². The fraction of sp³-hybridized carbons (Fsp3) is 0.300. The maximum atomic E-state index is 13.5. The number of carbonyl (C=O) groups is 2. The van der Waals surface area contributed by atoms with E-state index in [1.807, 2.05) is 12.1 Å². The van der Waals surface area contributed by atoms with E-state index in [9.17, 15) is 19.1 Å². The molecular formula is C20H20FNO3. The van der Waals surface area contributed by atoms with Gasteiger partial charge in [0.05, 0.1) is 6.42 Å². The van der Waals surface area contributed by atoms with Gasteiger partial charge in [-0.1, -0.05) is 45.0 Å². The SMILES string of the molecule is CC(C)(C)c1ccc(C(=O)C[C@]2(O)C(=O)Nc3ccc(F)cc32)cc1. The highest BCUT2D eigenvalue weighted by molar-refractivity contribution is 6.09. The summed E-state index contributed by atoms with van der Waals surface area (Å²) >= 11 is 0. The van der Waals surface area contributed by atoms with Gasteiger partial charge >= 0.3 is 0 Å². The smallest absolute Gasteiger partial charge is 0.261 e. The van der Waals surface area contributed by atoms with Crippen LogP contribution in [-0.2, 0) is 15.8 Å². The summed E-state index contributed by atoms with van der Waals surface area (Å²) in [5, 5.41) is 13.2. The third kappa shape index (κ3) is 3.07. The van der Waals surface area contributed by atoms with E-state index in [-0.39, 0.29) is 16.8 Å². The van der Waals surface area contributed by atoms with Gasteiger partial charge < -0.3 is 10.4 Å². The predicted molar refractivity (Wildman–Crippen MR) is 93.0 cm³/mol. The van der Waals surface area contributed by atoms with Crippen LogP contribution in [0.3, 0.4) is 0 Å². The van der Waals surface area contributed by atoms with Crippen molar-refractivity contribution in [2.75, 3.05) is 5.32 Å². The Balaban J connectivity index is 1.88. The van der Waals surface area contributed by atoms with Gasteiger partial charge in [0.25, 0.3) is 5.91 Å². The number of benzene rings is 2. The first-order valence-electron chi connectivity index (χ1n) is 8.09. The zero-order valence-corrected chi connectivity index (χ0v) is 14.4. The summed E-state index contributed by atoms with van der Waals surface area (Å²) in [6, 6.07) is 10.8. The molecule has 0 saturated heterocycles. The van der Waals surface area contributed by atoms with E-state index in [1.54, 1.807) is 12.1 Å². The first kappa shape index (κ1) is 17.3. The number of hydrogen-bond acceptors (Lipinski definition) is 3. The highest BCUT2D eigenvalue weighted by Crippen LogP contribution is 2.39. The number of halogens is 1. The molecule has 3 rings (SSSR count). The summed E-state index contributed by atoms with van der Waals surface area (Å²) in [4.78, 5) is 24.8. The Hall–Kier alpha value is -2.53. The summed E-state index contributed by atoms with van der Waals surface area (Å²) in [6.07, 6.45) is -0.440. The van der Waals surface area contributed by atoms with E-state index in [0.29, 0.717) is 11.3 Å². The highest BCUT2D eigenvalue weighted by Gasteiger charge is 2.47. The molecule has 1 atom stereocenters. The van der Waals surface area contributed by atoms with Crippen molar-refractivity contribution in [2.45, 2.75) is 38.2 Å². The summed E-state index contributed by atoms with van der Waals surface area (Å²) in [5.74, 6) is -1.67. The van der Waals surface area contributed by atoms with Crippen molar-refractivity contribution in [3.63, 3.8) is 0 Å². The monoisotopic (exact) mass is 341 g/mol. The number of hydrogen-bond donors (Lipinski definition) is 2. The zero-order valence-electron chi connectivity index (χ0n) is 14.4. The average Bonchev–Trinajstić information content (AvgIpc) is 2.78. The van der Waals surface area contributed by atoms with Gasteiger partial charge in [-0.3, -0.25) is 9.59 Å². The number of ketones is 1. The standard InChI is InChI=1S/C20H20FNO3/c1-19(2,3)13-6-4-12(5-7-13)17(23)11-20(25)15-10-14(21)8-9-16(15)22-18(20)24/h4-10,25H,11H2,1-3H3,(H,22,24)/t20-/m1/s1. The number of anilines is 1. The number of carbonyl (C=O) groups excluding carboxylic acids is 2. The molecule has 2 aromatic rings. The van der Waals surface area contributed by atoms with Crippen LogP contribution >= 0.6 is 0 Å². The molecule has 1 amide bonds. The van der Waals surface area contributed by atoms with E-state index in [2.05, 4.69) is 26.1 Å². The molecule has 130 valence electrons. The van der Waals surface area contributed by atoms with Gasteiger partial charge in [-0.25, -0.2) is 4.39 Å². The summed E-state index contributed by atoms with van der Waals surface area (Å²) in [6.45, 7) is 6.21. The molecule has 4 nitrogen and oxygen atoms in total. The number of amides is 1. The van der Waals surface area contributed by atoms with Crippen molar-refractivity contribution in [3.8, 4) is 0 Å². The normalized spacial score (nSPS) is 19.5. The Labute approximate surface area is 145 Å². The van der Waals surface area contributed by atoms with Crippen molar-refractivity contribution in [3.05, 3.63) is 65.0 Å². The number of rotatable bonds is 3. The Bertz CT molecular complexity index is 852. The minimum Gasteiger partial charge on any atom is -0.375 e. The lowest BCUT2D eigenvalue weighted by molar-refractivity contribution is -0.133. The third-order valence-corrected chi connectivity index (χ3v) is 4.54. The number of aliphatic hydroxyl groups is 1. The predicted octanol–water partition coefficient (Wildman–Crippen LogP) is 3.54. The molecule has 0 fully saturated rings. The number of fused-ring (bicyclic) bond motifs is 1.